The Morgan fingerprint density at radius 2 is 2.25 bits per heavy atom. The molecule has 1 saturated heterocycles. The monoisotopic (exact) mass is 346 g/mol. The number of thioether (sulfide) groups is 1. The van der Waals surface area contributed by atoms with E-state index < -0.39 is 0 Å². The van der Waals surface area contributed by atoms with E-state index in [1.54, 1.807) is 11.8 Å². The van der Waals surface area contributed by atoms with Gasteiger partial charge in [-0.15, -0.1) is 0 Å². The van der Waals surface area contributed by atoms with Crippen molar-refractivity contribution in [1.82, 2.24) is 19.5 Å². The van der Waals surface area contributed by atoms with E-state index in [0.29, 0.717) is 17.1 Å². The van der Waals surface area contributed by atoms with Crippen molar-refractivity contribution >= 4 is 11.8 Å². The lowest BCUT2D eigenvalue weighted by molar-refractivity contribution is 0.00651. The Bertz CT molecular complexity index is 807. The molecule has 2 aromatic heterocycles. The van der Waals surface area contributed by atoms with Gasteiger partial charge in [-0.25, -0.2) is 9.97 Å². The first-order valence-electron chi connectivity index (χ1n) is 8.51. The molecule has 0 amide bonds. The number of nitrogens with zero attached hydrogens (tertiary/aromatic N) is 3. The number of aromatic nitrogens is 4. The van der Waals surface area contributed by atoms with Crippen LogP contribution < -0.4 is 5.56 Å². The topological polar surface area (TPSA) is 72.8 Å². The van der Waals surface area contributed by atoms with E-state index in [1.165, 1.54) is 5.69 Å². The molecular weight excluding hydrogens is 324 g/mol. The fourth-order valence-electron chi connectivity index (χ4n) is 3.35. The van der Waals surface area contributed by atoms with Crippen molar-refractivity contribution in [3.8, 4) is 0 Å². The number of H-pyrrole nitrogens is 1. The summed E-state index contributed by atoms with van der Waals surface area (Å²) in [6.07, 6.45) is 4.73. The van der Waals surface area contributed by atoms with Gasteiger partial charge in [-0.3, -0.25) is 4.79 Å². The van der Waals surface area contributed by atoms with Crippen LogP contribution in [0.2, 0.25) is 0 Å². The quantitative estimate of drug-likeness (QED) is 0.665. The van der Waals surface area contributed by atoms with E-state index in [4.69, 9.17) is 4.74 Å². The van der Waals surface area contributed by atoms with Crippen LogP contribution in [0.4, 0.5) is 0 Å². The van der Waals surface area contributed by atoms with Crippen molar-refractivity contribution in [1.29, 1.82) is 0 Å². The van der Waals surface area contributed by atoms with E-state index in [1.807, 2.05) is 6.33 Å². The number of hydrogen-bond acceptors (Lipinski definition) is 5. The third kappa shape index (κ3) is 2.80. The molecule has 24 heavy (non-hydrogen) atoms. The highest BCUT2D eigenvalue weighted by atomic mass is 32.2. The smallest absolute Gasteiger partial charge is 0.254 e. The molecule has 3 heterocycles. The average Bonchev–Trinajstić information content (AvgIpc) is 3.10. The molecule has 1 aliphatic carbocycles. The Kier molecular flexibility index (Phi) is 4.22. The van der Waals surface area contributed by atoms with Gasteiger partial charge in [0.2, 0.25) is 0 Å². The molecule has 7 heteroatoms. The predicted octanol–water partition coefficient (Wildman–Crippen LogP) is 2.44. The summed E-state index contributed by atoms with van der Waals surface area (Å²) in [5.41, 5.74) is 4.23. The lowest BCUT2D eigenvalue weighted by Crippen LogP contribution is -2.26. The van der Waals surface area contributed by atoms with Crippen molar-refractivity contribution in [2.45, 2.75) is 56.0 Å². The molecule has 128 valence electrons. The van der Waals surface area contributed by atoms with Crippen LogP contribution in [0.15, 0.2) is 16.3 Å². The second-order valence-corrected chi connectivity index (χ2v) is 7.71. The number of aromatic amines is 1. The Balaban J connectivity index is 1.58. The zero-order valence-corrected chi connectivity index (χ0v) is 14.9. The Hall–Kier alpha value is -1.60. The predicted molar refractivity (Wildman–Crippen MR) is 92.6 cm³/mol. The number of rotatable bonds is 5. The van der Waals surface area contributed by atoms with Crippen LogP contribution in [0.3, 0.4) is 0 Å². The summed E-state index contributed by atoms with van der Waals surface area (Å²) in [6.45, 7) is 5.82. The maximum Gasteiger partial charge on any atom is 0.254 e. The first-order chi connectivity index (χ1) is 11.6. The Morgan fingerprint density at radius 3 is 2.96 bits per heavy atom. The molecule has 0 bridgehead atoms. The van der Waals surface area contributed by atoms with Gasteiger partial charge in [0, 0.05) is 23.3 Å². The summed E-state index contributed by atoms with van der Waals surface area (Å²) in [5, 5.41) is 0.716. The minimum Gasteiger partial charge on any atom is -0.380 e. The van der Waals surface area contributed by atoms with E-state index >= 15 is 0 Å². The molecule has 0 atom stereocenters. The van der Waals surface area contributed by atoms with E-state index in [2.05, 4.69) is 33.4 Å². The highest BCUT2D eigenvalue weighted by molar-refractivity contribution is 7.98. The molecule has 1 aliphatic heterocycles. The zero-order chi connectivity index (χ0) is 16.7. The fraction of sp³-hybridized carbons (Fsp3) is 0.588. The molecule has 0 radical (unpaired) electrons. The van der Waals surface area contributed by atoms with Gasteiger partial charge in [0.15, 0.2) is 5.16 Å². The Labute approximate surface area is 145 Å². The molecule has 2 aliphatic rings. The fourth-order valence-corrected chi connectivity index (χ4v) is 4.26. The number of fused-ring (bicyclic) bond motifs is 1. The van der Waals surface area contributed by atoms with Gasteiger partial charge >= 0.3 is 0 Å². The van der Waals surface area contributed by atoms with Gasteiger partial charge in [0.05, 0.1) is 36.6 Å². The molecule has 2 aromatic rings. The summed E-state index contributed by atoms with van der Waals surface area (Å²) in [4.78, 5) is 24.4. The first-order valence-corrected chi connectivity index (χ1v) is 9.50. The van der Waals surface area contributed by atoms with Crippen LogP contribution in [-0.4, -0.2) is 32.7 Å². The molecule has 1 fully saturated rings. The van der Waals surface area contributed by atoms with Crippen LogP contribution in [0.25, 0.3) is 0 Å². The molecule has 0 saturated carbocycles. The highest BCUT2D eigenvalue weighted by Crippen LogP contribution is 2.31. The second kappa shape index (κ2) is 6.37. The zero-order valence-electron chi connectivity index (χ0n) is 14.0. The van der Waals surface area contributed by atoms with Gasteiger partial charge in [0.25, 0.3) is 5.56 Å². The van der Waals surface area contributed by atoms with E-state index in [9.17, 15) is 4.79 Å². The summed E-state index contributed by atoms with van der Waals surface area (Å²) < 4.78 is 7.54. The van der Waals surface area contributed by atoms with Crippen LogP contribution in [0, 0.1) is 0 Å². The first kappa shape index (κ1) is 15.9. The molecule has 0 spiro atoms. The van der Waals surface area contributed by atoms with Crippen LogP contribution >= 0.6 is 11.8 Å². The minimum absolute atomic E-state index is 0.0324. The van der Waals surface area contributed by atoms with Crippen LogP contribution in [0.5, 0.6) is 0 Å². The third-order valence-electron chi connectivity index (χ3n) is 4.78. The summed E-state index contributed by atoms with van der Waals surface area (Å²) >= 11 is 1.59. The number of nitrogens with one attached hydrogen (secondary N) is 1. The molecule has 1 N–H and O–H groups in total. The normalized spacial score (nSPS) is 17.3. The van der Waals surface area contributed by atoms with Crippen molar-refractivity contribution in [3.63, 3.8) is 0 Å². The highest BCUT2D eigenvalue weighted by Gasteiger charge is 2.27. The van der Waals surface area contributed by atoms with E-state index in [0.717, 1.165) is 55.2 Å². The average molecular weight is 346 g/mol. The standard InChI is InChI=1S/C17H22N4O2S/c1-10(2)21-9-18-15(11-6-23-7-11)14(21)8-24-17-19-13-5-3-4-12(13)16(22)20-17/h9-11H,3-8H2,1-2H3,(H,19,20,22). The minimum atomic E-state index is 0.0324. The number of aryl methyl sites for hydroxylation is 1. The molecule has 0 unspecified atom stereocenters. The lowest BCUT2D eigenvalue weighted by Gasteiger charge is -2.26. The summed E-state index contributed by atoms with van der Waals surface area (Å²) in [6, 6.07) is 0.356. The SMILES string of the molecule is CC(C)n1cnc(C2COC2)c1CSc1nc2c(c(=O)[nH]1)CCC2. The summed E-state index contributed by atoms with van der Waals surface area (Å²) in [7, 11) is 0. The van der Waals surface area contributed by atoms with Gasteiger partial charge in [-0.05, 0) is 33.1 Å². The van der Waals surface area contributed by atoms with Crippen LogP contribution in [0.1, 0.15) is 54.9 Å². The van der Waals surface area contributed by atoms with Gasteiger partial charge in [0.1, 0.15) is 0 Å². The largest absolute Gasteiger partial charge is 0.380 e. The molecular formula is C17H22N4O2S. The van der Waals surface area contributed by atoms with Crippen molar-refractivity contribution < 1.29 is 4.74 Å². The number of ether oxygens (including phenoxy) is 1. The van der Waals surface area contributed by atoms with Crippen molar-refractivity contribution in [2.24, 2.45) is 0 Å². The molecule has 0 aromatic carbocycles. The Morgan fingerprint density at radius 1 is 1.42 bits per heavy atom. The molecule has 6 nitrogen and oxygen atoms in total. The van der Waals surface area contributed by atoms with Gasteiger partial charge in [-0.2, -0.15) is 0 Å². The maximum atomic E-state index is 12.2. The summed E-state index contributed by atoms with van der Waals surface area (Å²) in [5.74, 6) is 1.15. The van der Waals surface area contributed by atoms with E-state index in [-0.39, 0.29) is 5.56 Å². The number of hydrogen-bond donors (Lipinski definition) is 1. The third-order valence-corrected chi connectivity index (χ3v) is 5.66. The second-order valence-electron chi connectivity index (χ2n) is 6.75. The van der Waals surface area contributed by atoms with Gasteiger partial charge in [-0.1, -0.05) is 11.8 Å². The van der Waals surface area contributed by atoms with Crippen LogP contribution in [-0.2, 0) is 23.3 Å². The lowest BCUT2D eigenvalue weighted by atomic mass is 10.0. The molecule has 4 rings (SSSR count). The van der Waals surface area contributed by atoms with Crippen molar-refractivity contribution in [3.05, 3.63) is 39.3 Å². The van der Waals surface area contributed by atoms with Gasteiger partial charge < -0.3 is 14.3 Å². The maximum absolute atomic E-state index is 12.2. The number of imidazole rings is 1. The van der Waals surface area contributed by atoms with Crippen molar-refractivity contribution in [2.75, 3.05) is 13.2 Å².